The van der Waals surface area contributed by atoms with E-state index in [1.54, 1.807) is 30.6 Å². The summed E-state index contributed by atoms with van der Waals surface area (Å²) in [4.78, 5) is 21.6. The Hall–Kier alpha value is -3.12. The van der Waals surface area contributed by atoms with Crippen molar-refractivity contribution in [1.29, 1.82) is 0 Å². The van der Waals surface area contributed by atoms with Gasteiger partial charge in [0.25, 0.3) is 5.91 Å². The molecule has 0 bridgehead atoms. The predicted molar refractivity (Wildman–Crippen MR) is 107 cm³/mol. The van der Waals surface area contributed by atoms with Crippen molar-refractivity contribution in [3.8, 4) is 11.3 Å². The van der Waals surface area contributed by atoms with Gasteiger partial charge >= 0.3 is 0 Å². The number of nitrogens with zero attached hydrogens (tertiary/aromatic N) is 2. The number of fused-ring (bicyclic) bond motifs is 1. The lowest BCUT2D eigenvalue weighted by atomic mass is 10.0. The predicted octanol–water partition coefficient (Wildman–Crippen LogP) is 5.45. The van der Waals surface area contributed by atoms with Crippen LogP contribution in [-0.2, 0) is 0 Å². The van der Waals surface area contributed by atoms with Gasteiger partial charge in [-0.1, -0.05) is 24.3 Å². The summed E-state index contributed by atoms with van der Waals surface area (Å²) in [6, 6.07) is 17.3. The molecule has 0 aliphatic heterocycles. The van der Waals surface area contributed by atoms with Crippen molar-refractivity contribution < 1.29 is 9.18 Å². The van der Waals surface area contributed by atoms with Crippen molar-refractivity contribution in [3.05, 3.63) is 88.9 Å². The Balaban J connectivity index is 1.82. The maximum atomic E-state index is 13.8. The normalized spacial score (nSPS) is 10.7. The molecule has 0 saturated heterocycles. The third-order valence-corrected chi connectivity index (χ3v) is 4.94. The van der Waals surface area contributed by atoms with E-state index in [1.165, 1.54) is 6.07 Å². The number of rotatable bonds is 3. The zero-order chi connectivity index (χ0) is 18.8. The first-order valence-corrected chi connectivity index (χ1v) is 8.98. The monoisotopic (exact) mass is 421 g/mol. The average Bonchev–Trinajstić information content (AvgIpc) is 2.71. The third kappa shape index (κ3) is 3.44. The number of carbonyl (C=O) groups excluding carboxylic acids is 1. The number of para-hydroxylation sites is 1. The van der Waals surface area contributed by atoms with Gasteiger partial charge < -0.3 is 5.32 Å². The summed E-state index contributed by atoms with van der Waals surface area (Å²) in [6.07, 6.45) is 3.35. The SMILES string of the molecule is O=C(Nc1cccc(F)c1Br)c1cc(-c2ccncc2)nc2ccccc12. The van der Waals surface area contributed by atoms with E-state index >= 15 is 0 Å². The summed E-state index contributed by atoms with van der Waals surface area (Å²) in [5, 5.41) is 3.49. The number of hydrogen-bond acceptors (Lipinski definition) is 3. The van der Waals surface area contributed by atoms with Gasteiger partial charge in [-0.05, 0) is 52.3 Å². The molecule has 4 nitrogen and oxygen atoms in total. The van der Waals surface area contributed by atoms with Crippen molar-refractivity contribution in [3.63, 3.8) is 0 Å². The number of benzene rings is 2. The van der Waals surface area contributed by atoms with Crippen LogP contribution < -0.4 is 5.32 Å². The van der Waals surface area contributed by atoms with Crippen LogP contribution in [0.2, 0.25) is 0 Å². The summed E-state index contributed by atoms with van der Waals surface area (Å²) < 4.78 is 14.0. The number of hydrogen-bond donors (Lipinski definition) is 1. The smallest absolute Gasteiger partial charge is 0.256 e. The Morgan fingerprint density at radius 2 is 1.78 bits per heavy atom. The van der Waals surface area contributed by atoms with E-state index in [0.29, 0.717) is 22.5 Å². The molecule has 0 spiro atoms. The molecule has 132 valence electrons. The Labute approximate surface area is 163 Å². The van der Waals surface area contributed by atoms with Crippen molar-refractivity contribution in [2.24, 2.45) is 0 Å². The molecule has 6 heteroatoms. The van der Waals surface area contributed by atoms with Crippen LogP contribution >= 0.6 is 15.9 Å². The second-order valence-corrected chi connectivity index (χ2v) is 6.66. The van der Waals surface area contributed by atoms with Crippen LogP contribution in [0.3, 0.4) is 0 Å². The fraction of sp³-hybridized carbons (Fsp3) is 0. The quantitative estimate of drug-likeness (QED) is 0.478. The van der Waals surface area contributed by atoms with Crippen LogP contribution in [0.25, 0.3) is 22.2 Å². The lowest BCUT2D eigenvalue weighted by molar-refractivity contribution is 0.102. The molecule has 0 aliphatic carbocycles. The van der Waals surface area contributed by atoms with Crippen LogP contribution in [-0.4, -0.2) is 15.9 Å². The minimum Gasteiger partial charge on any atom is -0.321 e. The Bertz CT molecular complexity index is 1150. The number of carbonyl (C=O) groups is 1. The molecule has 27 heavy (non-hydrogen) atoms. The molecule has 2 aromatic heterocycles. The van der Waals surface area contributed by atoms with Gasteiger partial charge in [0.05, 0.1) is 26.9 Å². The van der Waals surface area contributed by atoms with Crippen LogP contribution in [0.15, 0.2) is 77.5 Å². The van der Waals surface area contributed by atoms with Crippen LogP contribution in [0.5, 0.6) is 0 Å². The molecule has 0 radical (unpaired) electrons. The van der Waals surface area contributed by atoms with Crippen molar-refractivity contribution in [2.75, 3.05) is 5.32 Å². The fourth-order valence-corrected chi connectivity index (χ4v) is 3.19. The standard InChI is InChI=1S/C21H13BrFN3O/c22-20-16(23)5-3-7-18(20)26-21(27)15-12-19(13-8-10-24-11-9-13)25-17-6-2-1-4-14(15)17/h1-12H,(H,26,27). The van der Waals surface area contributed by atoms with Crippen molar-refractivity contribution >= 4 is 38.4 Å². The lowest BCUT2D eigenvalue weighted by Gasteiger charge is -2.12. The molecule has 1 N–H and O–H groups in total. The number of amides is 1. The first-order chi connectivity index (χ1) is 13.1. The van der Waals surface area contributed by atoms with Crippen molar-refractivity contribution in [1.82, 2.24) is 9.97 Å². The van der Waals surface area contributed by atoms with Gasteiger partial charge in [0, 0.05) is 23.3 Å². The maximum Gasteiger partial charge on any atom is 0.256 e. The Morgan fingerprint density at radius 1 is 1.00 bits per heavy atom. The van der Waals surface area contributed by atoms with E-state index in [0.717, 1.165) is 10.9 Å². The molecule has 0 atom stereocenters. The minimum absolute atomic E-state index is 0.214. The summed E-state index contributed by atoms with van der Waals surface area (Å²) >= 11 is 3.17. The summed E-state index contributed by atoms with van der Waals surface area (Å²) in [5.74, 6) is -0.778. The van der Waals surface area contributed by atoms with E-state index in [4.69, 9.17) is 0 Å². The van der Waals surface area contributed by atoms with Gasteiger partial charge in [-0.15, -0.1) is 0 Å². The lowest BCUT2D eigenvalue weighted by Crippen LogP contribution is -2.13. The highest BCUT2D eigenvalue weighted by atomic mass is 79.9. The number of pyridine rings is 2. The van der Waals surface area contributed by atoms with E-state index < -0.39 is 5.82 Å². The van der Waals surface area contributed by atoms with E-state index in [2.05, 4.69) is 31.2 Å². The molecular weight excluding hydrogens is 409 g/mol. The average molecular weight is 422 g/mol. The molecule has 0 unspecified atom stereocenters. The highest BCUT2D eigenvalue weighted by molar-refractivity contribution is 9.10. The van der Waals surface area contributed by atoms with Crippen LogP contribution in [0, 0.1) is 5.82 Å². The second-order valence-electron chi connectivity index (χ2n) is 5.86. The molecule has 0 saturated carbocycles. The second kappa shape index (κ2) is 7.25. The summed E-state index contributed by atoms with van der Waals surface area (Å²) in [5.41, 5.74) is 3.06. The molecule has 1 amide bonds. The Kier molecular flexibility index (Phi) is 4.64. The topological polar surface area (TPSA) is 54.9 Å². The molecule has 2 aromatic carbocycles. The van der Waals surface area contributed by atoms with E-state index in [9.17, 15) is 9.18 Å². The highest BCUT2D eigenvalue weighted by Gasteiger charge is 2.16. The number of aromatic nitrogens is 2. The molecular formula is C21H13BrFN3O. The van der Waals surface area contributed by atoms with Gasteiger partial charge in [0.15, 0.2) is 0 Å². The van der Waals surface area contributed by atoms with Gasteiger partial charge in [0.2, 0.25) is 0 Å². The van der Waals surface area contributed by atoms with Crippen molar-refractivity contribution in [2.45, 2.75) is 0 Å². The molecule has 0 aliphatic rings. The zero-order valence-electron chi connectivity index (χ0n) is 14.0. The molecule has 4 aromatic rings. The maximum absolute atomic E-state index is 13.8. The minimum atomic E-state index is -0.440. The highest BCUT2D eigenvalue weighted by Crippen LogP contribution is 2.28. The number of halogens is 2. The fourth-order valence-electron chi connectivity index (χ4n) is 2.82. The van der Waals surface area contributed by atoms with E-state index in [-0.39, 0.29) is 10.4 Å². The van der Waals surface area contributed by atoms with E-state index in [1.807, 2.05) is 36.4 Å². The largest absolute Gasteiger partial charge is 0.321 e. The molecule has 2 heterocycles. The van der Waals surface area contributed by atoms with Gasteiger partial charge in [-0.2, -0.15) is 0 Å². The van der Waals surface area contributed by atoms with Gasteiger partial charge in [-0.25, -0.2) is 9.37 Å². The van der Waals surface area contributed by atoms with Crippen LogP contribution in [0.4, 0.5) is 10.1 Å². The number of anilines is 1. The van der Waals surface area contributed by atoms with Crippen LogP contribution in [0.1, 0.15) is 10.4 Å². The summed E-state index contributed by atoms with van der Waals surface area (Å²) in [7, 11) is 0. The van der Waals surface area contributed by atoms with Gasteiger partial charge in [0.1, 0.15) is 5.82 Å². The molecule has 0 fully saturated rings. The number of nitrogens with one attached hydrogen (secondary N) is 1. The summed E-state index contributed by atoms with van der Waals surface area (Å²) in [6.45, 7) is 0. The Morgan fingerprint density at radius 3 is 2.59 bits per heavy atom. The first-order valence-electron chi connectivity index (χ1n) is 8.19. The van der Waals surface area contributed by atoms with Gasteiger partial charge in [-0.3, -0.25) is 9.78 Å². The molecule has 4 rings (SSSR count). The first kappa shape index (κ1) is 17.3. The third-order valence-electron chi connectivity index (χ3n) is 4.14. The zero-order valence-corrected chi connectivity index (χ0v) is 15.6.